The summed E-state index contributed by atoms with van der Waals surface area (Å²) in [5.74, 6) is 2.37. The largest absolute Gasteiger partial charge is 0.377 e. The van der Waals surface area contributed by atoms with Crippen molar-refractivity contribution in [1.29, 1.82) is 0 Å². The third kappa shape index (κ3) is 3.03. The number of nitrogens with zero attached hydrogens (tertiary/aromatic N) is 4. The van der Waals surface area contributed by atoms with Crippen LogP contribution in [0.3, 0.4) is 0 Å². The van der Waals surface area contributed by atoms with E-state index >= 15 is 0 Å². The Morgan fingerprint density at radius 3 is 3.04 bits per heavy atom. The number of hydrogen-bond acceptors (Lipinski definition) is 6. The summed E-state index contributed by atoms with van der Waals surface area (Å²) in [7, 11) is 1.63. The molecule has 1 fully saturated rings. The fourth-order valence-electron chi connectivity index (χ4n) is 3.67. The number of likely N-dealkylation sites (tertiary alicyclic amines) is 1. The van der Waals surface area contributed by atoms with E-state index in [4.69, 9.17) is 14.2 Å². The lowest BCUT2D eigenvalue weighted by atomic mass is 10.0. The molecule has 7 nitrogen and oxygen atoms in total. The van der Waals surface area contributed by atoms with Crippen LogP contribution in [0.25, 0.3) is 0 Å². The fraction of sp³-hybridized carbons (Fsp3) is 0.688. The molecule has 0 radical (unpaired) electrons. The molecule has 0 amide bonds. The zero-order valence-corrected chi connectivity index (χ0v) is 13.5. The first-order chi connectivity index (χ1) is 11.3. The summed E-state index contributed by atoms with van der Waals surface area (Å²) >= 11 is 0. The minimum Gasteiger partial charge on any atom is -0.377 e. The Hall–Kier alpha value is -1.73. The molecule has 1 atom stereocenters. The monoisotopic (exact) mass is 317 g/mol. The normalized spacial score (nSPS) is 21.7. The molecular weight excluding hydrogens is 294 g/mol. The summed E-state index contributed by atoms with van der Waals surface area (Å²) < 4.78 is 10.4. The standard InChI is InChI=1S/C16H23N5O2/c1-22-10-14-19-15(23-20-14)9-21-8-4-7-13(21)16-17-11-5-2-3-6-12(11)18-16/h13H,2-10H2,1H3,(H,17,18)/t13-/m1/s1. The van der Waals surface area contributed by atoms with Gasteiger partial charge in [0.25, 0.3) is 0 Å². The quantitative estimate of drug-likeness (QED) is 0.910. The number of aromatic amines is 1. The molecule has 124 valence electrons. The summed E-state index contributed by atoms with van der Waals surface area (Å²) in [5, 5.41) is 3.94. The highest BCUT2D eigenvalue weighted by Crippen LogP contribution is 2.33. The van der Waals surface area contributed by atoms with Crippen molar-refractivity contribution in [2.75, 3.05) is 13.7 Å². The Morgan fingerprint density at radius 1 is 1.26 bits per heavy atom. The van der Waals surface area contributed by atoms with Gasteiger partial charge in [-0.2, -0.15) is 4.98 Å². The molecule has 0 spiro atoms. The van der Waals surface area contributed by atoms with E-state index in [2.05, 4.69) is 20.0 Å². The van der Waals surface area contributed by atoms with Crippen molar-refractivity contribution in [3.8, 4) is 0 Å². The highest BCUT2D eigenvalue weighted by molar-refractivity contribution is 5.19. The van der Waals surface area contributed by atoms with Crippen molar-refractivity contribution in [3.63, 3.8) is 0 Å². The van der Waals surface area contributed by atoms with Crippen LogP contribution in [0.1, 0.15) is 60.7 Å². The molecule has 2 aromatic heterocycles. The van der Waals surface area contributed by atoms with Crippen LogP contribution in [0.5, 0.6) is 0 Å². The maximum absolute atomic E-state index is 5.33. The van der Waals surface area contributed by atoms with Crippen molar-refractivity contribution in [2.45, 2.75) is 57.7 Å². The molecule has 0 saturated carbocycles. The van der Waals surface area contributed by atoms with Gasteiger partial charge in [0, 0.05) is 12.8 Å². The molecule has 0 bridgehead atoms. The zero-order chi connectivity index (χ0) is 15.6. The summed E-state index contributed by atoms with van der Waals surface area (Å²) in [4.78, 5) is 15.2. The number of nitrogens with one attached hydrogen (secondary N) is 1. The number of methoxy groups -OCH3 is 1. The highest BCUT2D eigenvalue weighted by atomic mass is 16.5. The van der Waals surface area contributed by atoms with Crippen molar-refractivity contribution < 1.29 is 9.26 Å². The number of fused-ring (bicyclic) bond motifs is 1. The summed E-state index contributed by atoms with van der Waals surface area (Å²) in [6.07, 6.45) is 7.09. The van der Waals surface area contributed by atoms with Crippen LogP contribution in [-0.2, 0) is 30.7 Å². The van der Waals surface area contributed by atoms with E-state index in [0.29, 0.717) is 30.9 Å². The van der Waals surface area contributed by atoms with E-state index in [1.807, 2.05) is 0 Å². The first kappa shape index (κ1) is 14.8. The molecule has 1 saturated heterocycles. The van der Waals surface area contributed by atoms with E-state index in [9.17, 15) is 0 Å². The Kier molecular flexibility index (Phi) is 4.13. The van der Waals surface area contributed by atoms with Crippen LogP contribution in [0, 0.1) is 0 Å². The Balaban J connectivity index is 1.48. The highest BCUT2D eigenvalue weighted by Gasteiger charge is 2.31. The molecule has 1 aliphatic carbocycles. The van der Waals surface area contributed by atoms with Crippen molar-refractivity contribution in [3.05, 3.63) is 28.9 Å². The molecule has 3 heterocycles. The average molecular weight is 317 g/mol. The number of aryl methyl sites for hydroxylation is 2. The Bertz CT molecular complexity index is 642. The molecule has 0 unspecified atom stereocenters. The maximum atomic E-state index is 5.33. The molecule has 23 heavy (non-hydrogen) atoms. The van der Waals surface area contributed by atoms with Gasteiger partial charge in [0.05, 0.1) is 18.3 Å². The molecular formula is C16H23N5O2. The molecule has 2 aliphatic rings. The van der Waals surface area contributed by atoms with Crippen LogP contribution in [0.15, 0.2) is 4.52 Å². The zero-order valence-electron chi connectivity index (χ0n) is 13.5. The second-order valence-corrected chi connectivity index (χ2v) is 6.42. The van der Waals surface area contributed by atoms with Crippen LogP contribution in [0.2, 0.25) is 0 Å². The first-order valence-corrected chi connectivity index (χ1v) is 8.45. The number of hydrogen-bond donors (Lipinski definition) is 1. The van der Waals surface area contributed by atoms with E-state index in [1.54, 1.807) is 7.11 Å². The van der Waals surface area contributed by atoms with E-state index in [1.165, 1.54) is 30.7 Å². The summed E-state index contributed by atoms with van der Waals surface area (Å²) in [6.45, 7) is 2.10. The van der Waals surface area contributed by atoms with Gasteiger partial charge in [-0.05, 0) is 45.1 Å². The van der Waals surface area contributed by atoms with Gasteiger partial charge in [-0.15, -0.1) is 0 Å². The van der Waals surface area contributed by atoms with E-state index in [-0.39, 0.29) is 0 Å². The number of rotatable bonds is 5. The van der Waals surface area contributed by atoms with E-state index < -0.39 is 0 Å². The van der Waals surface area contributed by atoms with Crippen molar-refractivity contribution in [2.24, 2.45) is 0 Å². The number of aromatic nitrogens is 4. The smallest absolute Gasteiger partial charge is 0.240 e. The fourth-order valence-corrected chi connectivity index (χ4v) is 3.67. The molecule has 1 N–H and O–H groups in total. The van der Waals surface area contributed by atoms with Crippen LogP contribution in [-0.4, -0.2) is 38.7 Å². The molecule has 4 rings (SSSR count). The summed E-state index contributed by atoms with van der Waals surface area (Å²) in [5.41, 5.74) is 2.62. The number of H-pyrrole nitrogens is 1. The topological polar surface area (TPSA) is 80.1 Å². The van der Waals surface area contributed by atoms with Gasteiger partial charge in [0.2, 0.25) is 5.89 Å². The van der Waals surface area contributed by atoms with Gasteiger partial charge in [-0.3, -0.25) is 4.90 Å². The van der Waals surface area contributed by atoms with Gasteiger partial charge in [0.1, 0.15) is 12.4 Å². The van der Waals surface area contributed by atoms with Gasteiger partial charge in [-0.25, -0.2) is 4.98 Å². The SMILES string of the molecule is COCc1noc(CN2CCC[C@@H]2c2nc3c([nH]2)CCCC3)n1. The lowest BCUT2D eigenvalue weighted by Gasteiger charge is -2.20. The number of ether oxygens (including phenoxy) is 1. The predicted molar refractivity (Wildman–Crippen MR) is 82.6 cm³/mol. The Morgan fingerprint density at radius 2 is 2.17 bits per heavy atom. The molecule has 0 aromatic carbocycles. The minimum absolute atomic E-state index is 0.332. The molecule has 2 aromatic rings. The van der Waals surface area contributed by atoms with Gasteiger partial charge < -0.3 is 14.2 Å². The number of imidazole rings is 1. The van der Waals surface area contributed by atoms with Crippen molar-refractivity contribution in [1.82, 2.24) is 25.0 Å². The van der Waals surface area contributed by atoms with Gasteiger partial charge in [-0.1, -0.05) is 5.16 Å². The van der Waals surface area contributed by atoms with Crippen LogP contribution < -0.4 is 0 Å². The summed E-state index contributed by atoms with van der Waals surface area (Å²) in [6, 6.07) is 0.332. The van der Waals surface area contributed by atoms with Crippen LogP contribution >= 0.6 is 0 Å². The first-order valence-electron chi connectivity index (χ1n) is 8.45. The lowest BCUT2D eigenvalue weighted by Crippen LogP contribution is -2.23. The third-order valence-corrected chi connectivity index (χ3v) is 4.77. The predicted octanol–water partition coefficient (Wildman–Crippen LogP) is 2.16. The third-order valence-electron chi connectivity index (χ3n) is 4.77. The van der Waals surface area contributed by atoms with Gasteiger partial charge in [0.15, 0.2) is 5.82 Å². The molecule has 1 aliphatic heterocycles. The van der Waals surface area contributed by atoms with Crippen molar-refractivity contribution >= 4 is 0 Å². The van der Waals surface area contributed by atoms with E-state index in [0.717, 1.165) is 31.6 Å². The Labute approximate surface area is 135 Å². The molecule has 7 heteroatoms. The maximum Gasteiger partial charge on any atom is 0.240 e. The van der Waals surface area contributed by atoms with Gasteiger partial charge >= 0.3 is 0 Å². The average Bonchev–Trinajstić information content (AvgIpc) is 3.27. The lowest BCUT2D eigenvalue weighted by molar-refractivity contribution is 0.174. The second-order valence-electron chi connectivity index (χ2n) is 6.42. The van der Waals surface area contributed by atoms with Crippen LogP contribution in [0.4, 0.5) is 0 Å². The second kappa shape index (κ2) is 6.41. The minimum atomic E-state index is 0.332.